The highest BCUT2D eigenvalue weighted by atomic mass is 16.5. The Morgan fingerprint density at radius 3 is 2.32 bits per heavy atom. The van der Waals surface area contributed by atoms with E-state index in [0.29, 0.717) is 29.3 Å². The molecule has 1 N–H and O–H groups in total. The first-order valence-electron chi connectivity index (χ1n) is 8.34. The summed E-state index contributed by atoms with van der Waals surface area (Å²) in [4.78, 5) is 24.4. The second-order valence-corrected chi connectivity index (χ2v) is 6.21. The van der Waals surface area contributed by atoms with Crippen molar-refractivity contribution in [3.05, 3.63) is 73.5 Å². The topological polar surface area (TPSA) is 55.4 Å². The van der Waals surface area contributed by atoms with Crippen molar-refractivity contribution >= 4 is 11.4 Å². The van der Waals surface area contributed by atoms with Crippen LogP contribution in [0.1, 0.15) is 23.6 Å². The highest BCUT2D eigenvalue weighted by Gasteiger charge is 2.24. The van der Waals surface area contributed by atoms with Crippen LogP contribution in [-0.2, 0) is 0 Å². The van der Waals surface area contributed by atoms with Crippen LogP contribution in [0.15, 0.2) is 46.0 Å². The molecule has 0 radical (unpaired) electrons. The average molecular weight is 335 g/mol. The van der Waals surface area contributed by atoms with Gasteiger partial charge in [0.2, 0.25) is 5.43 Å². The third-order valence-corrected chi connectivity index (χ3v) is 4.47. The van der Waals surface area contributed by atoms with Gasteiger partial charge in [-0.2, -0.15) is 0 Å². The molecule has 25 heavy (non-hydrogen) atoms. The molecule has 0 aliphatic heterocycles. The van der Waals surface area contributed by atoms with Gasteiger partial charge in [-0.3, -0.25) is 9.59 Å². The van der Waals surface area contributed by atoms with Crippen LogP contribution in [0.25, 0.3) is 11.1 Å². The van der Waals surface area contributed by atoms with Crippen molar-refractivity contribution in [2.75, 3.05) is 11.9 Å². The van der Waals surface area contributed by atoms with Gasteiger partial charge in [-0.15, -0.1) is 0 Å². The molecule has 0 fully saturated rings. The standard InChI is InChI=1S/C21H21NO3/c1-5-25-17-9-7-6-8-16(17)22-19-18(20(23)21(19)24)15-11-13(3)12(2)10-14(15)4/h6-11,22H,5H2,1-4H3. The number of benzene rings is 2. The zero-order valence-electron chi connectivity index (χ0n) is 14.9. The van der Waals surface area contributed by atoms with Gasteiger partial charge in [0, 0.05) is 0 Å². The van der Waals surface area contributed by atoms with Crippen molar-refractivity contribution in [3.8, 4) is 16.9 Å². The lowest BCUT2D eigenvalue weighted by Crippen LogP contribution is -2.35. The summed E-state index contributed by atoms with van der Waals surface area (Å²) in [6.07, 6.45) is 0. The average Bonchev–Trinajstić information content (AvgIpc) is 2.60. The van der Waals surface area contributed by atoms with E-state index in [1.165, 1.54) is 0 Å². The molecule has 0 saturated carbocycles. The van der Waals surface area contributed by atoms with Crippen molar-refractivity contribution in [1.82, 2.24) is 0 Å². The van der Waals surface area contributed by atoms with Crippen LogP contribution in [0.3, 0.4) is 0 Å². The maximum atomic E-state index is 12.2. The van der Waals surface area contributed by atoms with Crippen LogP contribution in [0.2, 0.25) is 0 Å². The van der Waals surface area contributed by atoms with Gasteiger partial charge in [0.15, 0.2) is 0 Å². The van der Waals surface area contributed by atoms with Crippen molar-refractivity contribution in [2.45, 2.75) is 27.7 Å². The zero-order chi connectivity index (χ0) is 18.1. The molecule has 0 aromatic heterocycles. The number of rotatable bonds is 5. The molecule has 0 heterocycles. The normalized spacial score (nSPS) is 10.9. The highest BCUT2D eigenvalue weighted by Crippen LogP contribution is 2.33. The van der Waals surface area contributed by atoms with Crippen molar-refractivity contribution in [3.63, 3.8) is 0 Å². The summed E-state index contributed by atoms with van der Waals surface area (Å²) in [5.41, 5.74) is 4.59. The van der Waals surface area contributed by atoms with Gasteiger partial charge in [0.25, 0.3) is 5.43 Å². The predicted octanol–water partition coefficient (Wildman–Crippen LogP) is 4.02. The van der Waals surface area contributed by atoms with Gasteiger partial charge >= 0.3 is 0 Å². The van der Waals surface area contributed by atoms with Crippen LogP contribution in [-0.4, -0.2) is 6.61 Å². The molecule has 0 unspecified atom stereocenters. The number of anilines is 2. The number of nitrogens with one attached hydrogen (secondary N) is 1. The molecular formula is C21H21NO3. The summed E-state index contributed by atoms with van der Waals surface area (Å²) in [7, 11) is 0. The lowest BCUT2D eigenvalue weighted by Gasteiger charge is -2.18. The maximum absolute atomic E-state index is 12.2. The summed E-state index contributed by atoms with van der Waals surface area (Å²) < 4.78 is 5.59. The molecule has 0 atom stereocenters. The molecule has 3 rings (SSSR count). The van der Waals surface area contributed by atoms with Gasteiger partial charge in [-0.25, -0.2) is 0 Å². The van der Waals surface area contributed by atoms with Crippen LogP contribution in [0.5, 0.6) is 5.75 Å². The molecule has 3 aromatic carbocycles. The molecule has 0 aliphatic carbocycles. The Hall–Kier alpha value is -2.88. The Kier molecular flexibility index (Phi) is 4.45. The largest absolute Gasteiger partial charge is 0.492 e. The molecular weight excluding hydrogens is 314 g/mol. The summed E-state index contributed by atoms with van der Waals surface area (Å²) in [5, 5.41) is 3.11. The second-order valence-electron chi connectivity index (χ2n) is 6.21. The molecule has 0 spiro atoms. The van der Waals surface area contributed by atoms with E-state index in [1.54, 1.807) is 0 Å². The van der Waals surface area contributed by atoms with Gasteiger partial charge in [-0.05, 0) is 62.1 Å². The number of hydrogen-bond donors (Lipinski definition) is 1. The Morgan fingerprint density at radius 2 is 1.60 bits per heavy atom. The van der Waals surface area contributed by atoms with E-state index in [9.17, 15) is 9.59 Å². The molecule has 0 amide bonds. The third kappa shape index (κ3) is 2.95. The lowest BCUT2D eigenvalue weighted by molar-refractivity contribution is 0.342. The van der Waals surface area contributed by atoms with E-state index in [0.717, 1.165) is 22.3 Å². The van der Waals surface area contributed by atoms with Crippen molar-refractivity contribution < 1.29 is 4.74 Å². The van der Waals surface area contributed by atoms with E-state index >= 15 is 0 Å². The lowest BCUT2D eigenvalue weighted by atomic mass is 9.91. The minimum Gasteiger partial charge on any atom is -0.492 e. The van der Waals surface area contributed by atoms with Gasteiger partial charge < -0.3 is 10.1 Å². The van der Waals surface area contributed by atoms with Crippen LogP contribution < -0.4 is 20.9 Å². The van der Waals surface area contributed by atoms with E-state index in [-0.39, 0.29) is 0 Å². The SMILES string of the molecule is CCOc1ccccc1Nc1c(-c2cc(C)c(C)cc2C)c(=O)c1=O. The minimum absolute atomic E-state index is 0.337. The van der Waals surface area contributed by atoms with E-state index in [2.05, 4.69) is 5.32 Å². The smallest absolute Gasteiger partial charge is 0.250 e. The second kappa shape index (κ2) is 6.55. The molecule has 0 saturated heterocycles. The summed E-state index contributed by atoms with van der Waals surface area (Å²) in [6.45, 7) is 8.41. The summed E-state index contributed by atoms with van der Waals surface area (Å²) in [6, 6.07) is 11.4. The first kappa shape index (κ1) is 17.0. The summed E-state index contributed by atoms with van der Waals surface area (Å²) >= 11 is 0. The number of ether oxygens (including phenoxy) is 1. The quantitative estimate of drug-likeness (QED) is 0.716. The van der Waals surface area contributed by atoms with E-state index in [1.807, 2.05) is 64.1 Å². The fraction of sp³-hybridized carbons (Fsp3) is 0.238. The number of aryl methyl sites for hydroxylation is 3. The third-order valence-electron chi connectivity index (χ3n) is 4.47. The summed E-state index contributed by atoms with van der Waals surface area (Å²) in [5.74, 6) is 0.654. The molecule has 4 heteroatoms. The minimum atomic E-state index is -0.487. The van der Waals surface area contributed by atoms with E-state index < -0.39 is 10.9 Å². The Morgan fingerprint density at radius 1 is 0.920 bits per heavy atom. The zero-order valence-corrected chi connectivity index (χ0v) is 14.9. The van der Waals surface area contributed by atoms with Gasteiger partial charge in [0.05, 0.1) is 17.9 Å². The highest BCUT2D eigenvalue weighted by molar-refractivity contribution is 5.87. The van der Waals surface area contributed by atoms with Gasteiger partial charge in [-0.1, -0.05) is 24.3 Å². The van der Waals surface area contributed by atoms with Gasteiger partial charge in [0.1, 0.15) is 11.4 Å². The van der Waals surface area contributed by atoms with Crippen molar-refractivity contribution in [2.24, 2.45) is 0 Å². The van der Waals surface area contributed by atoms with Crippen LogP contribution in [0.4, 0.5) is 11.4 Å². The molecule has 128 valence electrons. The number of para-hydroxylation sites is 2. The Balaban J connectivity index is 2.07. The Bertz CT molecular complexity index is 1010. The van der Waals surface area contributed by atoms with Crippen LogP contribution >= 0.6 is 0 Å². The number of hydrogen-bond acceptors (Lipinski definition) is 4. The predicted molar refractivity (Wildman–Crippen MR) is 102 cm³/mol. The monoisotopic (exact) mass is 335 g/mol. The van der Waals surface area contributed by atoms with E-state index in [4.69, 9.17) is 4.74 Å². The van der Waals surface area contributed by atoms with Crippen molar-refractivity contribution in [1.29, 1.82) is 0 Å². The first-order valence-corrected chi connectivity index (χ1v) is 8.34. The Labute approximate surface area is 146 Å². The fourth-order valence-electron chi connectivity index (χ4n) is 2.98. The molecule has 0 aliphatic rings. The molecule has 0 bridgehead atoms. The molecule has 3 aromatic rings. The van der Waals surface area contributed by atoms with Crippen LogP contribution in [0, 0.1) is 20.8 Å². The fourth-order valence-corrected chi connectivity index (χ4v) is 2.98. The molecule has 4 nitrogen and oxygen atoms in total. The maximum Gasteiger partial charge on any atom is 0.250 e. The first-order chi connectivity index (χ1) is 11.9.